The third-order valence-electron chi connectivity index (χ3n) is 4.08. The molecule has 1 heterocycles. The molecule has 1 aromatic heterocycles. The van der Waals surface area contributed by atoms with Crippen molar-refractivity contribution in [3.05, 3.63) is 74.7 Å². The molecule has 0 saturated heterocycles. The summed E-state index contributed by atoms with van der Waals surface area (Å²) in [6, 6.07) is 9.87. The maximum atomic E-state index is 13.2. The predicted molar refractivity (Wildman–Crippen MR) is 100 cm³/mol. The molecule has 152 valence electrons. The molecule has 29 heavy (non-hydrogen) atoms. The quantitative estimate of drug-likeness (QED) is 0.462. The highest BCUT2D eigenvalue weighted by molar-refractivity contribution is 6.31. The molecule has 0 aliphatic carbocycles. The monoisotopic (exact) mass is 425 g/mol. The van der Waals surface area contributed by atoms with E-state index in [0.29, 0.717) is 11.3 Å². The summed E-state index contributed by atoms with van der Waals surface area (Å²) in [5.41, 5.74) is -0.633. The van der Waals surface area contributed by atoms with E-state index in [1.807, 2.05) is 0 Å². The van der Waals surface area contributed by atoms with Gasteiger partial charge in [-0.2, -0.15) is 22.5 Å². The Labute approximate surface area is 167 Å². The van der Waals surface area contributed by atoms with Crippen LogP contribution in [0.4, 0.5) is 13.2 Å². The molecule has 0 atom stereocenters. The first-order valence-electron chi connectivity index (χ1n) is 8.30. The van der Waals surface area contributed by atoms with E-state index in [1.54, 1.807) is 18.2 Å². The number of aromatic nitrogens is 4. The van der Waals surface area contributed by atoms with E-state index in [4.69, 9.17) is 16.4 Å². The first-order valence-corrected chi connectivity index (χ1v) is 8.68. The van der Waals surface area contributed by atoms with E-state index in [0.717, 1.165) is 15.4 Å². The van der Waals surface area contributed by atoms with E-state index in [9.17, 15) is 18.0 Å². The average molecular weight is 426 g/mol. The number of tetrazole rings is 1. The zero-order chi connectivity index (χ0) is 21.2. The van der Waals surface area contributed by atoms with Crippen molar-refractivity contribution in [1.29, 1.82) is 0 Å². The highest BCUT2D eigenvalue weighted by atomic mass is 35.5. The third-order valence-corrected chi connectivity index (χ3v) is 4.43. The molecule has 3 rings (SSSR count). The second-order valence-corrected chi connectivity index (χ2v) is 6.44. The number of nitrogens with zero attached hydrogens (tertiary/aromatic N) is 5. The van der Waals surface area contributed by atoms with Gasteiger partial charge in [0.1, 0.15) is 6.61 Å². The Morgan fingerprint density at radius 3 is 2.55 bits per heavy atom. The topological polar surface area (TPSA) is 74.3 Å². The van der Waals surface area contributed by atoms with Crippen molar-refractivity contribution in [3.63, 3.8) is 0 Å². The van der Waals surface area contributed by atoms with Gasteiger partial charge in [-0.1, -0.05) is 41.0 Å². The second-order valence-electron chi connectivity index (χ2n) is 6.03. The zero-order valence-corrected chi connectivity index (χ0v) is 16.1. The first kappa shape index (κ1) is 20.6. The molecule has 7 nitrogen and oxygen atoms in total. The zero-order valence-electron chi connectivity index (χ0n) is 15.3. The standard InChI is InChI=1S/C18H15ClF3N5O2/c1-11(12-6-3-4-7-14(12)18(20,21)22)23-29-10-13-15(19)8-5-9-16(13)27-17(28)26(2)24-25-27/h3-9H,10H2,1-2H3. The van der Waals surface area contributed by atoms with Crippen LogP contribution in [0.2, 0.25) is 5.02 Å². The molecule has 2 aromatic carbocycles. The molecule has 0 amide bonds. The molecule has 0 unspecified atom stereocenters. The SMILES string of the molecule is CC(=NOCc1c(Cl)cccc1-n1nnn(C)c1=O)c1ccccc1C(F)(F)F. The normalized spacial score (nSPS) is 12.3. The van der Waals surface area contributed by atoms with E-state index in [2.05, 4.69) is 15.6 Å². The highest BCUT2D eigenvalue weighted by Gasteiger charge is 2.33. The minimum Gasteiger partial charge on any atom is -0.391 e. The van der Waals surface area contributed by atoms with Gasteiger partial charge in [0.05, 0.1) is 17.0 Å². The molecule has 3 aromatic rings. The van der Waals surface area contributed by atoms with Crippen LogP contribution < -0.4 is 5.69 Å². The summed E-state index contributed by atoms with van der Waals surface area (Å²) < 4.78 is 41.6. The van der Waals surface area contributed by atoms with Gasteiger partial charge in [0.25, 0.3) is 0 Å². The number of hydrogen-bond acceptors (Lipinski definition) is 5. The van der Waals surface area contributed by atoms with Crippen molar-refractivity contribution in [2.24, 2.45) is 12.2 Å². The molecule has 0 bridgehead atoms. The smallest absolute Gasteiger partial charge is 0.391 e. The molecule has 0 radical (unpaired) electrons. The van der Waals surface area contributed by atoms with E-state index in [-0.39, 0.29) is 22.9 Å². The molecular weight excluding hydrogens is 411 g/mol. The van der Waals surface area contributed by atoms with Crippen LogP contribution in [0.1, 0.15) is 23.6 Å². The Hall–Kier alpha value is -3.14. The Balaban J connectivity index is 1.89. The number of benzene rings is 2. The molecular formula is C18H15ClF3N5O2. The van der Waals surface area contributed by atoms with E-state index in [1.165, 1.54) is 32.2 Å². The lowest BCUT2D eigenvalue weighted by atomic mass is 10.0. The van der Waals surface area contributed by atoms with Gasteiger partial charge in [0, 0.05) is 23.2 Å². The second kappa shape index (κ2) is 8.08. The van der Waals surface area contributed by atoms with Gasteiger partial charge in [0.15, 0.2) is 0 Å². The maximum absolute atomic E-state index is 13.2. The predicted octanol–water partition coefficient (Wildman–Crippen LogP) is 3.58. The first-order chi connectivity index (χ1) is 13.7. The lowest BCUT2D eigenvalue weighted by Crippen LogP contribution is -2.23. The number of rotatable bonds is 5. The van der Waals surface area contributed by atoms with Gasteiger partial charge >= 0.3 is 11.9 Å². The van der Waals surface area contributed by atoms with Crippen molar-refractivity contribution >= 4 is 17.3 Å². The maximum Gasteiger partial charge on any atom is 0.417 e. The van der Waals surface area contributed by atoms with Crippen LogP contribution in [-0.2, 0) is 24.7 Å². The van der Waals surface area contributed by atoms with Gasteiger partial charge in [-0.3, -0.25) is 0 Å². The van der Waals surface area contributed by atoms with Crippen molar-refractivity contribution in [2.75, 3.05) is 0 Å². The molecule has 0 aliphatic heterocycles. The average Bonchev–Trinajstić information content (AvgIpc) is 3.01. The minimum atomic E-state index is -4.52. The van der Waals surface area contributed by atoms with Crippen LogP contribution >= 0.6 is 11.6 Å². The molecule has 0 saturated carbocycles. The Kier molecular flexibility index (Phi) is 5.73. The van der Waals surface area contributed by atoms with Crippen LogP contribution in [0, 0.1) is 0 Å². The van der Waals surface area contributed by atoms with Crippen molar-refractivity contribution in [2.45, 2.75) is 19.7 Å². The van der Waals surface area contributed by atoms with Crippen LogP contribution in [0.25, 0.3) is 5.69 Å². The fraction of sp³-hybridized carbons (Fsp3) is 0.222. The highest BCUT2D eigenvalue weighted by Crippen LogP contribution is 2.32. The lowest BCUT2D eigenvalue weighted by molar-refractivity contribution is -0.137. The minimum absolute atomic E-state index is 0.0446. The summed E-state index contributed by atoms with van der Waals surface area (Å²) in [5.74, 6) is 0. The number of halogens is 4. The summed E-state index contributed by atoms with van der Waals surface area (Å²) in [7, 11) is 1.44. The summed E-state index contributed by atoms with van der Waals surface area (Å²) in [6.07, 6.45) is -4.52. The van der Waals surface area contributed by atoms with Crippen LogP contribution in [0.15, 0.2) is 52.4 Å². The van der Waals surface area contributed by atoms with Crippen LogP contribution in [0.5, 0.6) is 0 Å². The number of aryl methyl sites for hydroxylation is 1. The number of hydrogen-bond donors (Lipinski definition) is 0. The van der Waals surface area contributed by atoms with Gasteiger partial charge in [0.2, 0.25) is 0 Å². The van der Waals surface area contributed by atoms with E-state index >= 15 is 0 Å². The van der Waals surface area contributed by atoms with Gasteiger partial charge in [-0.25, -0.2) is 4.79 Å². The number of oxime groups is 1. The molecule has 11 heteroatoms. The fourth-order valence-corrected chi connectivity index (χ4v) is 2.87. The van der Waals surface area contributed by atoms with Crippen molar-refractivity contribution < 1.29 is 18.0 Å². The number of alkyl halides is 3. The Morgan fingerprint density at radius 2 is 1.90 bits per heavy atom. The Morgan fingerprint density at radius 1 is 1.17 bits per heavy atom. The van der Waals surface area contributed by atoms with Gasteiger partial charge in [-0.15, -0.1) is 0 Å². The van der Waals surface area contributed by atoms with Gasteiger partial charge in [-0.05, 0) is 35.5 Å². The van der Waals surface area contributed by atoms with Crippen molar-refractivity contribution in [1.82, 2.24) is 19.8 Å². The lowest BCUT2D eigenvalue weighted by Gasteiger charge is -2.12. The molecule has 0 N–H and O–H groups in total. The summed E-state index contributed by atoms with van der Waals surface area (Å²) in [4.78, 5) is 17.4. The third kappa shape index (κ3) is 4.32. The molecule has 0 fully saturated rings. The van der Waals surface area contributed by atoms with Crippen LogP contribution in [-0.4, -0.2) is 25.5 Å². The van der Waals surface area contributed by atoms with Crippen LogP contribution in [0.3, 0.4) is 0 Å². The molecule has 0 aliphatic rings. The summed E-state index contributed by atoms with van der Waals surface area (Å²) >= 11 is 6.21. The van der Waals surface area contributed by atoms with E-state index < -0.39 is 17.4 Å². The summed E-state index contributed by atoms with van der Waals surface area (Å²) in [5, 5.41) is 11.5. The van der Waals surface area contributed by atoms with Crippen molar-refractivity contribution in [3.8, 4) is 5.69 Å². The summed E-state index contributed by atoms with van der Waals surface area (Å²) in [6.45, 7) is 1.22. The molecule has 0 spiro atoms. The fourth-order valence-electron chi connectivity index (χ4n) is 2.64. The largest absolute Gasteiger partial charge is 0.417 e. The van der Waals surface area contributed by atoms with Gasteiger partial charge < -0.3 is 4.84 Å². The Bertz CT molecular complexity index is 1120.